The Hall–Kier alpha value is -4.10. The molecule has 0 unspecified atom stereocenters. The summed E-state index contributed by atoms with van der Waals surface area (Å²) in [5, 5.41) is 14.7. The number of amides is 1. The van der Waals surface area contributed by atoms with Gasteiger partial charge in [-0.25, -0.2) is 0 Å². The first-order chi connectivity index (χ1) is 15.0. The number of nitrogens with one attached hydrogen (secondary N) is 1. The van der Waals surface area contributed by atoms with Crippen molar-refractivity contribution in [1.82, 2.24) is 4.57 Å². The van der Waals surface area contributed by atoms with Gasteiger partial charge < -0.3 is 9.88 Å². The van der Waals surface area contributed by atoms with Crippen LogP contribution in [-0.2, 0) is 4.79 Å². The lowest BCUT2D eigenvalue weighted by atomic mass is 10.1. The van der Waals surface area contributed by atoms with Crippen molar-refractivity contribution in [2.45, 2.75) is 20.8 Å². The molecule has 0 bridgehead atoms. The maximum Gasteiger partial charge on any atom is 0.266 e. The summed E-state index contributed by atoms with van der Waals surface area (Å²) in [5.74, 6) is -0.415. The van der Waals surface area contributed by atoms with Crippen LogP contribution in [0.3, 0.4) is 0 Å². The molecule has 0 aliphatic carbocycles. The summed E-state index contributed by atoms with van der Waals surface area (Å²) in [6, 6.07) is 26.1. The lowest BCUT2D eigenvalue weighted by molar-refractivity contribution is -0.112. The number of fused-ring (bicyclic) bond motifs is 1. The Morgan fingerprint density at radius 2 is 1.65 bits per heavy atom. The summed E-state index contributed by atoms with van der Waals surface area (Å²) < 4.78 is 2.14. The standard InChI is InChI=1S/C27H23N3O/c1-18-8-11-25(12-9-18)29-27(31)24(17-28)15-23-14-19(2)30(20(23)3)26-13-10-21-6-4-5-7-22(21)16-26/h4-16H,1-3H3,(H,29,31)/b24-15-. The van der Waals surface area contributed by atoms with E-state index >= 15 is 0 Å². The highest BCUT2D eigenvalue weighted by atomic mass is 16.1. The highest BCUT2D eigenvalue weighted by Crippen LogP contribution is 2.26. The van der Waals surface area contributed by atoms with Crippen molar-refractivity contribution < 1.29 is 4.79 Å². The van der Waals surface area contributed by atoms with Crippen molar-refractivity contribution in [3.05, 3.63) is 101 Å². The summed E-state index contributed by atoms with van der Waals surface area (Å²) >= 11 is 0. The first kappa shape index (κ1) is 20.2. The van der Waals surface area contributed by atoms with E-state index in [0.717, 1.165) is 28.2 Å². The Labute approximate surface area is 182 Å². The fraction of sp³-hybridized carbons (Fsp3) is 0.111. The van der Waals surface area contributed by atoms with E-state index in [0.29, 0.717) is 5.69 Å². The molecule has 1 heterocycles. The van der Waals surface area contributed by atoms with Gasteiger partial charge in [-0.3, -0.25) is 4.79 Å². The van der Waals surface area contributed by atoms with Crippen molar-refractivity contribution in [3.63, 3.8) is 0 Å². The third kappa shape index (κ3) is 4.12. The minimum absolute atomic E-state index is 0.0688. The zero-order valence-electron chi connectivity index (χ0n) is 17.8. The monoisotopic (exact) mass is 405 g/mol. The molecule has 0 saturated heterocycles. The molecule has 3 aromatic carbocycles. The lowest BCUT2D eigenvalue weighted by Crippen LogP contribution is -2.13. The Bertz CT molecular complexity index is 1350. The Morgan fingerprint density at radius 3 is 2.35 bits per heavy atom. The molecule has 0 spiro atoms. The van der Waals surface area contributed by atoms with Gasteiger partial charge in [-0.2, -0.15) is 5.26 Å². The number of aromatic nitrogens is 1. The van der Waals surface area contributed by atoms with E-state index in [-0.39, 0.29) is 5.57 Å². The van der Waals surface area contributed by atoms with E-state index in [9.17, 15) is 10.1 Å². The zero-order valence-corrected chi connectivity index (χ0v) is 17.8. The average molecular weight is 406 g/mol. The maximum atomic E-state index is 12.6. The van der Waals surface area contributed by atoms with Crippen LogP contribution in [0.1, 0.15) is 22.5 Å². The van der Waals surface area contributed by atoms with Crippen LogP contribution in [-0.4, -0.2) is 10.5 Å². The van der Waals surface area contributed by atoms with Crippen molar-refractivity contribution in [2.75, 3.05) is 5.32 Å². The molecule has 0 aliphatic heterocycles. The number of hydrogen-bond acceptors (Lipinski definition) is 2. The smallest absolute Gasteiger partial charge is 0.266 e. The fourth-order valence-electron chi connectivity index (χ4n) is 3.79. The van der Waals surface area contributed by atoms with Crippen LogP contribution < -0.4 is 5.32 Å². The predicted octanol–water partition coefficient (Wildman–Crippen LogP) is 6.10. The molecular weight excluding hydrogens is 382 g/mol. The molecule has 1 amide bonds. The number of carbonyl (C=O) groups is 1. The number of anilines is 1. The van der Waals surface area contributed by atoms with Crippen molar-refractivity contribution in [1.29, 1.82) is 5.26 Å². The van der Waals surface area contributed by atoms with Gasteiger partial charge in [0.2, 0.25) is 0 Å². The quantitative estimate of drug-likeness (QED) is 0.329. The molecule has 4 nitrogen and oxygen atoms in total. The number of rotatable bonds is 4. The Morgan fingerprint density at radius 1 is 0.935 bits per heavy atom. The number of aryl methyl sites for hydroxylation is 2. The summed E-state index contributed by atoms with van der Waals surface area (Å²) in [7, 11) is 0. The molecule has 4 rings (SSSR count). The lowest BCUT2D eigenvalue weighted by Gasteiger charge is -2.11. The molecule has 0 radical (unpaired) electrons. The summed E-state index contributed by atoms with van der Waals surface area (Å²) in [5.41, 5.74) is 5.75. The molecule has 0 atom stereocenters. The van der Waals surface area contributed by atoms with E-state index in [4.69, 9.17) is 0 Å². The SMILES string of the molecule is Cc1ccc(NC(=O)/C(C#N)=C\c2cc(C)n(-c3ccc4ccccc4c3)c2C)cc1. The van der Waals surface area contributed by atoms with Gasteiger partial charge in [-0.05, 0) is 73.5 Å². The van der Waals surface area contributed by atoms with Crippen molar-refractivity contribution >= 4 is 28.4 Å². The molecule has 1 N–H and O–H groups in total. The zero-order chi connectivity index (χ0) is 22.0. The largest absolute Gasteiger partial charge is 0.321 e. The summed E-state index contributed by atoms with van der Waals surface area (Å²) in [6.45, 7) is 6.01. The minimum Gasteiger partial charge on any atom is -0.321 e. The average Bonchev–Trinajstić information content (AvgIpc) is 3.06. The van der Waals surface area contributed by atoms with E-state index in [1.54, 1.807) is 6.08 Å². The molecule has 31 heavy (non-hydrogen) atoms. The molecule has 1 aromatic heterocycles. The second-order valence-corrected chi connectivity index (χ2v) is 7.68. The maximum absolute atomic E-state index is 12.6. The first-order valence-electron chi connectivity index (χ1n) is 10.1. The minimum atomic E-state index is -0.415. The van der Waals surface area contributed by atoms with Crippen LogP contribution in [0.4, 0.5) is 5.69 Å². The molecule has 4 aromatic rings. The van der Waals surface area contributed by atoms with Gasteiger partial charge in [0.1, 0.15) is 11.6 Å². The second kappa shape index (κ2) is 8.33. The van der Waals surface area contributed by atoms with Gasteiger partial charge in [0.05, 0.1) is 0 Å². The van der Waals surface area contributed by atoms with Crippen LogP contribution in [0.25, 0.3) is 22.5 Å². The number of carbonyl (C=O) groups excluding carboxylic acids is 1. The molecule has 0 fully saturated rings. The highest BCUT2D eigenvalue weighted by molar-refractivity contribution is 6.09. The molecular formula is C27H23N3O. The van der Waals surface area contributed by atoms with Gasteiger partial charge in [0, 0.05) is 22.8 Å². The molecule has 152 valence electrons. The van der Waals surface area contributed by atoms with Crippen molar-refractivity contribution in [3.8, 4) is 11.8 Å². The van der Waals surface area contributed by atoms with Gasteiger partial charge in [-0.1, -0.05) is 48.0 Å². The number of nitriles is 1. The van der Waals surface area contributed by atoms with Gasteiger partial charge in [-0.15, -0.1) is 0 Å². The first-order valence-corrected chi connectivity index (χ1v) is 10.1. The van der Waals surface area contributed by atoms with Crippen molar-refractivity contribution in [2.24, 2.45) is 0 Å². The van der Waals surface area contributed by atoms with Gasteiger partial charge >= 0.3 is 0 Å². The second-order valence-electron chi connectivity index (χ2n) is 7.68. The molecule has 4 heteroatoms. The molecule has 0 saturated carbocycles. The third-order valence-electron chi connectivity index (χ3n) is 5.44. The van der Waals surface area contributed by atoms with E-state index in [2.05, 4.69) is 40.2 Å². The Balaban J connectivity index is 1.67. The van der Waals surface area contributed by atoms with Crippen LogP contribution in [0.5, 0.6) is 0 Å². The van der Waals surface area contributed by atoms with E-state index in [1.807, 2.05) is 69.3 Å². The third-order valence-corrected chi connectivity index (χ3v) is 5.44. The van der Waals surface area contributed by atoms with Crippen LogP contribution in [0.2, 0.25) is 0 Å². The highest BCUT2D eigenvalue weighted by Gasteiger charge is 2.14. The summed E-state index contributed by atoms with van der Waals surface area (Å²) in [6.07, 6.45) is 1.66. The number of hydrogen-bond donors (Lipinski definition) is 1. The fourth-order valence-corrected chi connectivity index (χ4v) is 3.79. The topological polar surface area (TPSA) is 57.8 Å². The summed E-state index contributed by atoms with van der Waals surface area (Å²) in [4.78, 5) is 12.6. The van der Waals surface area contributed by atoms with Crippen LogP contribution in [0.15, 0.2) is 78.4 Å². The van der Waals surface area contributed by atoms with E-state index in [1.165, 1.54) is 10.8 Å². The van der Waals surface area contributed by atoms with E-state index < -0.39 is 5.91 Å². The van der Waals surface area contributed by atoms with Gasteiger partial charge in [0.15, 0.2) is 0 Å². The van der Waals surface area contributed by atoms with Crippen LogP contribution >= 0.6 is 0 Å². The normalized spacial score (nSPS) is 11.4. The van der Waals surface area contributed by atoms with Gasteiger partial charge in [0.25, 0.3) is 5.91 Å². The Kier molecular flexibility index (Phi) is 5.43. The number of benzene rings is 3. The number of nitrogens with zero attached hydrogens (tertiary/aromatic N) is 2. The van der Waals surface area contributed by atoms with Crippen LogP contribution in [0, 0.1) is 32.1 Å². The molecule has 0 aliphatic rings. The predicted molar refractivity (Wildman–Crippen MR) is 126 cm³/mol.